The predicted octanol–water partition coefficient (Wildman–Crippen LogP) is 1.95. The van der Waals surface area contributed by atoms with Gasteiger partial charge in [0.15, 0.2) is 17.1 Å². The molecule has 0 unspecified atom stereocenters. The number of imide groups is 1. The van der Waals surface area contributed by atoms with E-state index < -0.39 is 52.3 Å². The second kappa shape index (κ2) is 10.4. The van der Waals surface area contributed by atoms with Gasteiger partial charge in [-0.3, -0.25) is 14.4 Å². The molecule has 3 rings (SSSR count). The number of likely N-dealkylation sites (N-methyl/N-ethyl adjacent to an activating group) is 1. The maximum Gasteiger partial charge on any atom is 0.340 e. The van der Waals surface area contributed by atoms with Crippen LogP contribution in [-0.2, 0) is 30.4 Å². The molecule has 0 radical (unpaired) electrons. The van der Waals surface area contributed by atoms with E-state index in [0.717, 1.165) is 12.1 Å². The third-order valence-corrected chi connectivity index (χ3v) is 5.31. The quantitative estimate of drug-likeness (QED) is 0.327. The molecule has 2 aromatic rings. The molecule has 3 amide bonds. The van der Waals surface area contributed by atoms with Crippen LogP contribution in [0.25, 0.3) is 11.0 Å². The molecule has 0 atom stereocenters. The van der Waals surface area contributed by atoms with Crippen molar-refractivity contribution in [3.63, 3.8) is 0 Å². The Bertz CT molecular complexity index is 1190. The minimum absolute atomic E-state index is 0.00443. The zero-order chi connectivity index (χ0) is 25.0. The number of halogens is 2. The monoisotopic (exact) mass is 480 g/mol. The Morgan fingerprint density at radius 3 is 2.47 bits per heavy atom. The molecule has 1 N–H and O–H groups in total. The van der Waals surface area contributed by atoms with Gasteiger partial charge in [0.2, 0.25) is 11.7 Å². The fraction of sp³-hybridized carbons (Fsp3) is 0.409. The number of carbonyl (C=O) groups excluding carboxylic acids is 4. The topological polar surface area (TPSA) is 134 Å². The van der Waals surface area contributed by atoms with Gasteiger partial charge in [-0.15, -0.1) is 5.06 Å². The number of carbonyl (C=O) groups is 4. The first-order valence-electron chi connectivity index (χ1n) is 10.5. The normalized spacial score (nSPS) is 13.6. The Balaban J connectivity index is 1.46. The zero-order valence-electron chi connectivity index (χ0n) is 18.3. The predicted molar refractivity (Wildman–Crippen MR) is 111 cm³/mol. The summed E-state index contributed by atoms with van der Waals surface area (Å²) in [6.07, 6.45) is 1.16. The van der Waals surface area contributed by atoms with Crippen molar-refractivity contribution in [1.82, 2.24) is 9.96 Å². The molecule has 1 fully saturated rings. The summed E-state index contributed by atoms with van der Waals surface area (Å²) in [5.41, 5.74) is -1.68. The maximum atomic E-state index is 13.9. The number of hydrogen-bond acceptors (Lipinski definition) is 8. The van der Waals surface area contributed by atoms with Crippen molar-refractivity contribution in [2.45, 2.75) is 44.9 Å². The number of unbranched alkanes of at least 4 members (excludes halogenated alkanes) is 2. The van der Waals surface area contributed by atoms with Gasteiger partial charge in [0.05, 0.1) is 6.42 Å². The lowest BCUT2D eigenvalue weighted by molar-refractivity contribution is -0.197. The second-order valence-corrected chi connectivity index (χ2v) is 7.85. The summed E-state index contributed by atoms with van der Waals surface area (Å²) in [5.74, 6) is -6.11. The lowest BCUT2D eigenvalue weighted by atomic mass is 10.1. The van der Waals surface area contributed by atoms with Crippen molar-refractivity contribution >= 4 is 34.7 Å². The average Bonchev–Trinajstić information content (AvgIpc) is 3.10. The van der Waals surface area contributed by atoms with Crippen LogP contribution < -0.4 is 5.63 Å². The fourth-order valence-corrected chi connectivity index (χ4v) is 3.37. The van der Waals surface area contributed by atoms with Crippen LogP contribution in [0.4, 0.5) is 8.78 Å². The summed E-state index contributed by atoms with van der Waals surface area (Å²) in [7, 11) is 1.52. The van der Waals surface area contributed by atoms with Crippen LogP contribution in [0.15, 0.2) is 21.3 Å². The Morgan fingerprint density at radius 2 is 1.79 bits per heavy atom. The molecule has 1 aliphatic rings. The first-order chi connectivity index (χ1) is 16.1. The van der Waals surface area contributed by atoms with E-state index >= 15 is 0 Å². The van der Waals surface area contributed by atoms with Gasteiger partial charge >= 0.3 is 11.6 Å². The van der Waals surface area contributed by atoms with E-state index in [1.165, 1.54) is 11.9 Å². The van der Waals surface area contributed by atoms with Gasteiger partial charge in [0.25, 0.3) is 11.8 Å². The highest BCUT2D eigenvalue weighted by Gasteiger charge is 2.32. The summed E-state index contributed by atoms with van der Waals surface area (Å²) in [6, 6.07) is 1.94. The number of nitrogens with zero attached hydrogens (tertiary/aromatic N) is 2. The summed E-state index contributed by atoms with van der Waals surface area (Å²) >= 11 is 0. The smallest absolute Gasteiger partial charge is 0.340 e. The molecule has 12 heteroatoms. The van der Waals surface area contributed by atoms with Crippen molar-refractivity contribution in [3.05, 3.63) is 39.8 Å². The Morgan fingerprint density at radius 1 is 1.12 bits per heavy atom. The van der Waals surface area contributed by atoms with Crippen LogP contribution in [0.2, 0.25) is 0 Å². The highest BCUT2D eigenvalue weighted by molar-refractivity contribution is 6.01. The van der Waals surface area contributed by atoms with Gasteiger partial charge in [0, 0.05) is 43.8 Å². The molecule has 2 heterocycles. The molecule has 0 aliphatic carbocycles. The molecule has 1 aromatic carbocycles. The summed E-state index contributed by atoms with van der Waals surface area (Å²) in [6.45, 7) is 0.313. The molecule has 0 spiro atoms. The van der Waals surface area contributed by atoms with Crippen LogP contribution in [-0.4, -0.2) is 52.4 Å². The third-order valence-electron chi connectivity index (χ3n) is 5.31. The maximum absolute atomic E-state index is 13.9. The van der Waals surface area contributed by atoms with E-state index in [1.54, 1.807) is 0 Å². The van der Waals surface area contributed by atoms with Crippen LogP contribution >= 0.6 is 0 Å². The van der Waals surface area contributed by atoms with E-state index in [2.05, 4.69) is 0 Å². The highest BCUT2D eigenvalue weighted by atomic mass is 19.1. The number of phenolic OH excluding ortho intramolecular Hbond substituents is 1. The lowest BCUT2D eigenvalue weighted by Crippen LogP contribution is -2.32. The van der Waals surface area contributed by atoms with E-state index in [4.69, 9.17) is 9.25 Å². The number of rotatable bonds is 9. The first-order valence-corrected chi connectivity index (χ1v) is 10.5. The van der Waals surface area contributed by atoms with Gasteiger partial charge in [0.1, 0.15) is 0 Å². The summed E-state index contributed by atoms with van der Waals surface area (Å²) < 4.78 is 32.3. The zero-order valence-corrected chi connectivity index (χ0v) is 18.3. The van der Waals surface area contributed by atoms with Crippen molar-refractivity contribution in [2.75, 3.05) is 13.6 Å². The molecular weight excluding hydrogens is 458 g/mol. The fourth-order valence-electron chi connectivity index (χ4n) is 3.37. The standard InChI is InChI=1S/C22H22F2N2O8/c1-25(8-4-2-3-5-18(30)34-26-15(27)6-7-16(26)28)17(29)11-13-9-12-10-14(23)20(31)19(24)21(12)33-22(13)32/h9-10,31H,2-8,11H2,1H3. The number of phenols is 1. The minimum Gasteiger partial charge on any atom is -0.503 e. The SMILES string of the molecule is CN(CCCCCC(=O)ON1C(=O)CCC1=O)C(=O)Cc1cc2cc(F)c(O)c(F)c2oc1=O. The van der Waals surface area contributed by atoms with E-state index in [9.17, 15) is 37.9 Å². The molecule has 182 valence electrons. The first kappa shape index (κ1) is 24.8. The molecule has 1 saturated heterocycles. The number of aromatic hydroxyl groups is 1. The number of amides is 3. The van der Waals surface area contributed by atoms with Crippen molar-refractivity contribution < 1.29 is 42.3 Å². The van der Waals surface area contributed by atoms with Crippen LogP contribution in [0.1, 0.15) is 44.1 Å². The molecule has 0 bridgehead atoms. The third kappa shape index (κ3) is 5.56. The van der Waals surface area contributed by atoms with Crippen LogP contribution in [0.5, 0.6) is 5.75 Å². The second-order valence-electron chi connectivity index (χ2n) is 7.85. The van der Waals surface area contributed by atoms with Crippen molar-refractivity contribution in [2.24, 2.45) is 0 Å². The largest absolute Gasteiger partial charge is 0.503 e. The Hall–Kier alpha value is -3.83. The average molecular weight is 480 g/mol. The van der Waals surface area contributed by atoms with E-state index in [0.29, 0.717) is 30.9 Å². The molecule has 0 saturated carbocycles. The van der Waals surface area contributed by atoms with Gasteiger partial charge < -0.3 is 19.3 Å². The van der Waals surface area contributed by atoms with Crippen molar-refractivity contribution in [1.29, 1.82) is 0 Å². The molecular formula is C22H22F2N2O8. The number of hydrogen-bond donors (Lipinski definition) is 1. The number of hydroxylamine groups is 2. The van der Waals surface area contributed by atoms with E-state index in [1.807, 2.05) is 0 Å². The summed E-state index contributed by atoms with van der Waals surface area (Å²) in [4.78, 5) is 65.2. The number of fused-ring (bicyclic) bond motifs is 1. The molecule has 34 heavy (non-hydrogen) atoms. The molecule has 10 nitrogen and oxygen atoms in total. The Labute approximate surface area is 191 Å². The van der Waals surface area contributed by atoms with Gasteiger partial charge in [-0.05, 0) is 25.0 Å². The van der Waals surface area contributed by atoms with Gasteiger partial charge in [-0.25, -0.2) is 14.0 Å². The van der Waals surface area contributed by atoms with Crippen LogP contribution in [0, 0.1) is 11.6 Å². The summed E-state index contributed by atoms with van der Waals surface area (Å²) in [5, 5.41) is 9.67. The van der Waals surface area contributed by atoms with Gasteiger partial charge in [-0.1, -0.05) is 6.42 Å². The minimum atomic E-state index is -1.40. The Kier molecular flexibility index (Phi) is 7.59. The van der Waals surface area contributed by atoms with Crippen LogP contribution in [0.3, 0.4) is 0 Å². The molecule has 1 aliphatic heterocycles. The lowest BCUT2D eigenvalue weighted by Gasteiger charge is -2.17. The molecule has 1 aromatic heterocycles. The van der Waals surface area contributed by atoms with E-state index in [-0.39, 0.29) is 36.6 Å². The highest BCUT2D eigenvalue weighted by Crippen LogP contribution is 2.28. The van der Waals surface area contributed by atoms with Crippen molar-refractivity contribution in [3.8, 4) is 5.75 Å². The van der Waals surface area contributed by atoms with Gasteiger partial charge in [-0.2, -0.15) is 4.39 Å². The number of benzene rings is 1.